The second-order valence-electron chi connectivity index (χ2n) is 3.44. The van der Waals surface area contributed by atoms with Crippen molar-refractivity contribution < 1.29 is 0 Å². The molecule has 0 unspecified atom stereocenters. The van der Waals surface area contributed by atoms with E-state index < -0.39 is 0 Å². The molecule has 0 bridgehead atoms. The van der Waals surface area contributed by atoms with Gasteiger partial charge in [0, 0.05) is 5.56 Å². The lowest BCUT2D eigenvalue weighted by Gasteiger charge is -2.01. The van der Waals surface area contributed by atoms with Gasteiger partial charge in [0.15, 0.2) is 5.82 Å². The third-order valence-corrected chi connectivity index (χ3v) is 2.32. The van der Waals surface area contributed by atoms with Gasteiger partial charge in [0.05, 0.1) is 18.1 Å². The maximum Gasteiger partial charge on any atom is 0.221 e. The molecule has 0 amide bonds. The smallest absolute Gasteiger partial charge is 0.221 e. The van der Waals surface area contributed by atoms with Gasteiger partial charge in [-0.1, -0.05) is 30.3 Å². The van der Waals surface area contributed by atoms with Gasteiger partial charge >= 0.3 is 0 Å². The van der Waals surface area contributed by atoms with Crippen LogP contribution < -0.4 is 0 Å². The molecule has 1 N–H and O–H groups in total. The predicted octanol–water partition coefficient (Wildman–Crippen LogP) is 1.73. The molecule has 81 valence electrons. The molecule has 0 saturated carbocycles. The van der Waals surface area contributed by atoms with Crippen LogP contribution in [0.5, 0.6) is 0 Å². The minimum absolute atomic E-state index is 0.565. The van der Waals surface area contributed by atoms with Crippen molar-refractivity contribution in [3.63, 3.8) is 0 Å². The molecule has 0 atom stereocenters. The highest BCUT2D eigenvalue weighted by Gasteiger charge is 2.05. The van der Waals surface area contributed by atoms with Gasteiger partial charge in [-0.25, -0.2) is 9.97 Å². The number of nitrogens with one attached hydrogen (secondary N) is 1. The van der Waals surface area contributed by atoms with Gasteiger partial charge in [0.2, 0.25) is 6.33 Å². The summed E-state index contributed by atoms with van der Waals surface area (Å²) in [5, 5.41) is 6.39. The molecule has 0 saturated heterocycles. The number of aromatic amines is 1. The molecule has 17 heavy (non-hydrogen) atoms. The second kappa shape index (κ2) is 4.13. The molecule has 3 rings (SSSR count). The third kappa shape index (κ3) is 1.90. The van der Waals surface area contributed by atoms with Crippen LogP contribution in [-0.2, 0) is 0 Å². The van der Waals surface area contributed by atoms with E-state index in [2.05, 4.69) is 31.5 Å². The molecule has 0 spiro atoms. The van der Waals surface area contributed by atoms with E-state index in [1.54, 1.807) is 12.4 Å². The topological polar surface area (TPSA) is 67.3 Å². The summed E-state index contributed by atoms with van der Waals surface area (Å²) in [5.41, 5.74) is 2.48. The quantitative estimate of drug-likeness (QED) is 0.717. The average molecular weight is 222 g/mol. The number of rotatable bonds is 2. The van der Waals surface area contributed by atoms with Crippen molar-refractivity contribution in [2.75, 3.05) is 0 Å². The zero-order valence-corrected chi connectivity index (χ0v) is 8.83. The van der Waals surface area contributed by atoms with E-state index in [1.807, 2.05) is 30.3 Å². The van der Waals surface area contributed by atoms with Crippen LogP contribution in [0.4, 0.5) is 0 Å². The Morgan fingerprint density at radius 3 is 2.59 bits per heavy atom. The van der Waals surface area contributed by atoms with Gasteiger partial charge in [0.25, 0.3) is 0 Å². The Kier molecular flexibility index (Phi) is 2.34. The van der Waals surface area contributed by atoms with Crippen LogP contribution in [0.1, 0.15) is 0 Å². The lowest BCUT2D eigenvalue weighted by Crippen LogP contribution is -1.91. The van der Waals surface area contributed by atoms with Crippen LogP contribution in [0.15, 0.2) is 42.7 Å². The fourth-order valence-electron chi connectivity index (χ4n) is 1.52. The van der Waals surface area contributed by atoms with Crippen LogP contribution >= 0.6 is 0 Å². The fourth-order valence-corrected chi connectivity index (χ4v) is 1.52. The summed E-state index contributed by atoms with van der Waals surface area (Å²) in [4.78, 5) is 12.5. The maximum atomic E-state index is 4.47. The van der Waals surface area contributed by atoms with E-state index >= 15 is 0 Å². The molecule has 2 heterocycles. The number of hydrogen-bond acceptors (Lipinski definition) is 4. The van der Waals surface area contributed by atoms with Gasteiger partial charge in [-0.15, -0.1) is 5.10 Å². The molecule has 5 heteroatoms. The molecule has 3 aromatic rings. The van der Waals surface area contributed by atoms with E-state index in [1.165, 1.54) is 0 Å². The first-order chi connectivity index (χ1) is 8.43. The van der Waals surface area contributed by atoms with Crippen molar-refractivity contribution in [2.24, 2.45) is 0 Å². The molecule has 0 aliphatic carbocycles. The Balaban J connectivity index is 2.06. The lowest BCUT2D eigenvalue weighted by atomic mass is 10.1. The first-order valence-electron chi connectivity index (χ1n) is 5.10. The molecule has 5 nitrogen and oxygen atoms in total. The Labute approximate surface area is 97.6 Å². The molecule has 2 aromatic heterocycles. The van der Waals surface area contributed by atoms with Gasteiger partial charge < -0.3 is 0 Å². The third-order valence-electron chi connectivity index (χ3n) is 2.32. The van der Waals surface area contributed by atoms with Crippen molar-refractivity contribution in [1.29, 1.82) is 0 Å². The molecule has 0 aliphatic rings. The van der Waals surface area contributed by atoms with Crippen molar-refractivity contribution >= 4 is 0 Å². The molecular weight excluding hydrogens is 214 g/mol. The van der Waals surface area contributed by atoms with Crippen LogP contribution in [-0.4, -0.2) is 25.1 Å². The number of hydrogen-bond donors (Lipinski definition) is 1. The fraction of sp³-hybridized carbons (Fsp3) is 0. The Hall–Kier alpha value is -2.56. The normalized spacial score (nSPS) is 10.4. The highest BCUT2D eigenvalue weighted by molar-refractivity contribution is 5.61. The van der Waals surface area contributed by atoms with Crippen LogP contribution in [0.3, 0.4) is 0 Å². The molecule has 1 aromatic carbocycles. The van der Waals surface area contributed by atoms with E-state index in [0.29, 0.717) is 11.5 Å². The summed E-state index contributed by atoms with van der Waals surface area (Å²) < 4.78 is 0. The van der Waals surface area contributed by atoms with E-state index in [-0.39, 0.29) is 0 Å². The zero-order valence-electron chi connectivity index (χ0n) is 8.83. The lowest BCUT2D eigenvalue weighted by molar-refractivity contribution is 1.07. The highest BCUT2D eigenvalue weighted by atomic mass is 15.2. The van der Waals surface area contributed by atoms with Crippen molar-refractivity contribution in [3.8, 4) is 22.8 Å². The Bertz CT molecular complexity index is 604. The monoisotopic (exact) mass is 222 g/mol. The number of benzene rings is 1. The largest absolute Gasteiger partial charge is 0.260 e. The summed E-state index contributed by atoms with van der Waals surface area (Å²) in [6.07, 6.45) is 5.82. The van der Waals surface area contributed by atoms with Crippen molar-refractivity contribution in [1.82, 2.24) is 25.1 Å². The molecule has 0 fully saturated rings. The summed E-state index contributed by atoms with van der Waals surface area (Å²) in [6.45, 7) is 0. The SMILES string of the molecule is [c]1n[nH]c(-c2cncc(-c3ccccc3)n2)n1. The Morgan fingerprint density at radius 1 is 1.00 bits per heavy atom. The van der Waals surface area contributed by atoms with E-state index in [0.717, 1.165) is 11.3 Å². The van der Waals surface area contributed by atoms with Gasteiger partial charge in [0.1, 0.15) is 5.69 Å². The number of H-pyrrole nitrogens is 1. The molecule has 1 radical (unpaired) electrons. The minimum Gasteiger partial charge on any atom is -0.260 e. The van der Waals surface area contributed by atoms with Gasteiger partial charge in [-0.05, 0) is 0 Å². The first kappa shape index (κ1) is 9.65. The number of nitrogens with zero attached hydrogens (tertiary/aromatic N) is 4. The average Bonchev–Trinajstić information content (AvgIpc) is 2.94. The summed E-state index contributed by atoms with van der Waals surface area (Å²) >= 11 is 0. The van der Waals surface area contributed by atoms with E-state index in [9.17, 15) is 0 Å². The van der Waals surface area contributed by atoms with Crippen LogP contribution in [0.25, 0.3) is 22.8 Å². The minimum atomic E-state index is 0.565. The van der Waals surface area contributed by atoms with Crippen LogP contribution in [0, 0.1) is 6.33 Å². The van der Waals surface area contributed by atoms with Crippen LogP contribution in [0.2, 0.25) is 0 Å². The van der Waals surface area contributed by atoms with Gasteiger partial charge in [-0.2, -0.15) is 0 Å². The standard InChI is InChI=1S/C12H8N5/c1-2-4-9(5-3-1)10-6-13-7-11(16-10)12-14-8-15-17-12/h1-7H,(H,14,15,17). The first-order valence-corrected chi connectivity index (χ1v) is 5.10. The zero-order chi connectivity index (χ0) is 11.5. The second-order valence-corrected chi connectivity index (χ2v) is 3.44. The summed E-state index contributed by atoms with van der Waals surface area (Å²) in [6, 6.07) is 9.87. The van der Waals surface area contributed by atoms with Crippen molar-refractivity contribution in [2.45, 2.75) is 0 Å². The van der Waals surface area contributed by atoms with Crippen molar-refractivity contribution in [3.05, 3.63) is 49.1 Å². The highest BCUT2D eigenvalue weighted by Crippen LogP contribution is 2.18. The predicted molar refractivity (Wildman–Crippen MR) is 61.7 cm³/mol. The molecule has 0 aliphatic heterocycles. The molecular formula is C12H8N5. The van der Waals surface area contributed by atoms with E-state index in [4.69, 9.17) is 0 Å². The van der Waals surface area contributed by atoms with Gasteiger partial charge in [-0.3, -0.25) is 10.1 Å². The number of aromatic nitrogens is 5. The Morgan fingerprint density at radius 2 is 1.82 bits per heavy atom. The summed E-state index contributed by atoms with van der Waals surface area (Å²) in [7, 11) is 0. The maximum absolute atomic E-state index is 4.47. The summed E-state index contributed by atoms with van der Waals surface area (Å²) in [5.74, 6) is 0.565.